The Hall–Kier alpha value is -1.11. The summed E-state index contributed by atoms with van der Waals surface area (Å²) in [7, 11) is 0. The minimum Gasteiger partial charge on any atom is -0.378 e. The van der Waals surface area contributed by atoms with Crippen molar-refractivity contribution in [1.82, 2.24) is 9.88 Å². The van der Waals surface area contributed by atoms with Crippen LogP contribution in [0.15, 0.2) is 24.4 Å². The van der Waals surface area contributed by atoms with E-state index in [9.17, 15) is 4.79 Å². The largest absolute Gasteiger partial charge is 0.378 e. The Bertz CT molecular complexity index is 450. The SMILES string of the molecule is NCCCOC1CCN(C(=O)CCSCc2ccccn2)CC1. The van der Waals surface area contributed by atoms with Crippen molar-refractivity contribution >= 4 is 17.7 Å². The van der Waals surface area contributed by atoms with Gasteiger partial charge in [-0.3, -0.25) is 9.78 Å². The fourth-order valence-corrected chi connectivity index (χ4v) is 3.43. The second kappa shape index (κ2) is 10.6. The molecule has 0 spiro atoms. The van der Waals surface area contributed by atoms with Gasteiger partial charge in [0, 0.05) is 43.8 Å². The minimum absolute atomic E-state index is 0.263. The zero-order chi connectivity index (χ0) is 16.3. The molecule has 128 valence electrons. The normalized spacial score (nSPS) is 15.8. The number of hydrogen-bond donors (Lipinski definition) is 1. The summed E-state index contributed by atoms with van der Waals surface area (Å²) < 4.78 is 5.77. The van der Waals surface area contributed by atoms with Crippen molar-refractivity contribution in [3.63, 3.8) is 0 Å². The lowest BCUT2D eigenvalue weighted by Gasteiger charge is -2.32. The van der Waals surface area contributed by atoms with E-state index < -0.39 is 0 Å². The Labute approximate surface area is 143 Å². The third-order valence-corrected chi connectivity index (χ3v) is 4.93. The van der Waals surface area contributed by atoms with Crippen LogP contribution >= 0.6 is 11.8 Å². The van der Waals surface area contributed by atoms with E-state index in [1.165, 1.54) is 0 Å². The number of carbonyl (C=O) groups is 1. The number of piperidine rings is 1. The number of rotatable bonds is 9. The van der Waals surface area contributed by atoms with Gasteiger partial charge in [-0.2, -0.15) is 11.8 Å². The maximum Gasteiger partial charge on any atom is 0.223 e. The molecule has 0 unspecified atom stereocenters. The van der Waals surface area contributed by atoms with Crippen LogP contribution in [0.2, 0.25) is 0 Å². The van der Waals surface area contributed by atoms with Gasteiger partial charge >= 0.3 is 0 Å². The lowest BCUT2D eigenvalue weighted by molar-refractivity contribution is -0.133. The van der Waals surface area contributed by atoms with Crippen LogP contribution in [0, 0.1) is 0 Å². The van der Waals surface area contributed by atoms with Crippen LogP contribution < -0.4 is 5.73 Å². The van der Waals surface area contributed by atoms with Gasteiger partial charge in [0.1, 0.15) is 0 Å². The lowest BCUT2D eigenvalue weighted by atomic mass is 10.1. The highest BCUT2D eigenvalue weighted by molar-refractivity contribution is 7.98. The summed E-state index contributed by atoms with van der Waals surface area (Å²) in [5.41, 5.74) is 6.53. The molecule has 2 rings (SSSR count). The summed E-state index contributed by atoms with van der Waals surface area (Å²) in [4.78, 5) is 18.5. The van der Waals surface area contributed by atoms with E-state index in [1.54, 1.807) is 18.0 Å². The van der Waals surface area contributed by atoms with Gasteiger partial charge in [0.05, 0.1) is 11.8 Å². The van der Waals surface area contributed by atoms with Crippen molar-refractivity contribution in [2.24, 2.45) is 5.73 Å². The standard InChI is InChI=1S/C17H27N3O2S/c18-8-3-12-22-16-5-10-20(11-6-16)17(21)7-13-23-14-15-4-1-2-9-19-15/h1-2,4,9,16H,3,5-8,10-14,18H2. The van der Waals surface area contributed by atoms with Crippen LogP contribution in [-0.4, -0.2) is 53.9 Å². The van der Waals surface area contributed by atoms with E-state index in [4.69, 9.17) is 10.5 Å². The molecule has 0 aromatic carbocycles. The van der Waals surface area contributed by atoms with Crippen LogP contribution in [0.4, 0.5) is 0 Å². The summed E-state index contributed by atoms with van der Waals surface area (Å²) in [5, 5.41) is 0. The van der Waals surface area contributed by atoms with E-state index in [0.29, 0.717) is 19.1 Å². The molecule has 6 heteroatoms. The van der Waals surface area contributed by atoms with E-state index in [0.717, 1.165) is 56.2 Å². The van der Waals surface area contributed by atoms with Crippen LogP contribution in [-0.2, 0) is 15.3 Å². The monoisotopic (exact) mass is 337 g/mol. The summed E-state index contributed by atoms with van der Waals surface area (Å²) in [6.07, 6.45) is 5.50. The van der Waals surface area contributed by atoms with Crippen molar-refractivity contribution in [2.75, 3.05) is 32.0 Å². The molecule has 1 amide bonds. The average molecular weight is 337 g/mol. The third kappa shape index (κ3) is 6.89. The first kappa shape index (κ1) is 18.2. The molecule has 0 radical (unpaired) electrons. The lowest BCUT2D eigenvalue weighted by Crippen LogP contribution is -2.41. The fraction of sp³-hybridized carbons (Fsp3) is 0.647. The number of thioether (sulfide) groups is 1. The molecule has 2 heterocycles. The summed E-state index contributed by atoms with van der Waals surface area (Å²) in [5.74, 6) is 1.98. The molecule has 2 N–H and O–H groups in total. The first-order valence-corrected chi connectivity index (χ1v) is 9.52. The summed E-state index contributed by atoms with van der Waals surface area (Å²) in [6.45, 7) is 3.04. The minimum atomic E-state index is 0.263. The highest BCUT2D eigenvalue weighted by atomic mass is 32.2. The number of carbonyl (C=O) groups excluding carboxylic acids is 1. The molecule has 1 aromatic heterocycles. The third-order valence-electron chi connectivity index (χ3n) is 3.93. The van der Waals surface area contributed by atoms with Gasteiger partial charge in [0.15, 0.2) is 0 Å². The molecule has 1 aromatic rings. The number of aromatic nitrogens is 1. The Morgan fingerprint density at radius 1 is 1.39 bits per heavy atom. The highest BCUT2D eigenvalue weighted by Crippen LogP contribution is 2.16. The van der Waals surface area contributed by atoms with Gasteiger partial charge in [-0.15, -0.1) is 0 Å². The van der Waals surface area contributed by atoms with E-state index >= 15 is 0 Å². The first-order chi connectivity index (χ1) is 11.3. The number of ether oxygens (including phenoxy) is 1. The van der Waals surface area contributed by atoms with Gasteiger partial charge in [-0.05, 0) is 37.9 Å². The Kier molecular flexibility index (Phi) is 8.42. The first-order valence-electron chi connectivity index (χ1n) is 8.36. The van der Waals surface area contributed by atoms with E-state index in [1.807, 2.05) is 23.1 Å². The van der Waals surface area contributed by atoms with Crippen molar-refractivity contribution < 1.29 is 9.53 Å². The van der Waals surface area contributed by atoms with Crippen LogP contribution in [0.1, 0.15) is 31.4 Å². The number of amides is 1. The molecule has 0 aliphatic carbocycles. The second-order valence-corrected chi connectivity index (χ2v) is 6.82. The molecule has 1 saturated heterocycles. The smallest absolute Gasteiger partial charge is 0.223 e. The summed E-state index contributed by atoms with van der Waals surface area (Å²) in [6, 6.07) is 5.93. The number of nitrogens with zero attached hydrogens (tertiary/aromatic N) is 2. The quantitative estimate of drug-likeness (QED) is 0.699. The molecular formula is C17H27N3O2S. The van der Waals surface area contributed by atoms with E-state index in [2.05, 4.69) is 4.98 Å². The molecule has 1 aliphatic rings. The van der Waals surface area contributed by atoms with Crippen LogP contribution in [0.25, 0.3) is 0 Å². The zero-order valence-electron chi connectivity index (χ0n) is 13.7. The molecular weight excluding hydrogens is 310 g/mol. The van der Waals surface area contributed by atoms with Gasteiger partial charge in [-0.1, -0.05) is 6.07 Å². The maximum absolute atomic E-state index is 12.2. The summed E-state index contributed by atoms with van der Waals surface area (Å²) >= 11 is 1.77. The van der Waals surface area contributed by atoms with Crippen molar-refractivity contribution in [3.05, 3.63) is 30.1 Å². The number of pyridine rings is 1. The Morgan fingerprint density at radius 2 is 2.22 bits per heavy atom. The molecule has 23 heavy (non-hydrogen) atoms. The predicted octanol–water partition coefficient (Wildman–Crippen LogP) is 2.06. The van der Waals surface area contributed by atoms with Crippen molar-refractivity contribution in [3.8, 4) is 0 Å². The predicted molar refractivity (Wildman–Crippen MR) is 94.2 cm³/mol. The molecule has 0 bridgehead atoms. The van der Waals surface area contributed by atoms with Gasteiger partial charge < -0.3 is 15.4 Å². The number of nitrogens with two attached hydrogens (primary N) is 1. The highest BCUT2D eigenvalue weighted by Gasteiger charge is 2.22. The maximum atomic E-state index is 12.2. The van der Waals surface area contributed by atoms with Gasteiger partial charge in [0.25, 0.3) is 0 Å². The molecule has 0 atom stereocenters. The van der Waals surface area contributed by atoms with Crippen molar-refractivity contribution in [2.45, 2.75) is 37.5 Å². The topological polar surface area (TPSA) is 68.5 Å². The Morgan fingerprint density at radius 3 is 2.91 bits per heavy atom. The molecule has 0 saturated carbocycles. The Balaban J connectivity index is 1.56. The number of likely N-dealkylation sites (tertiary alicyclic amines) is 1. The molecule has 1 aliphatic heterocycles. The molecule has 5 nitrogen and oxygen atoms in total. The second-order valence-electron chi connectivity index (χ2n) is 5.72. The van der Waals surface area contributed by atoms with E-state index in [-0.39, 0.29) is 5.91 Å². The zero-order valence-corrected chi connectivity index (χ0v) is 14.5. The van der Waals surface area contributed by atoms with Crippen LogP contribution in [0.3, 0.4) is 0 Å². The average Bonchev–Trinajstić information content (AvgIpc) is 2.60. The van der Waals surface area contributed by atoms with Crippen LogP contribution in [0.5, 0.6) is 0 Å². The molecule has 1 fully saturated rings. The number of hydrogen-bond acceptors (Lipinski definition) is 5. The van der Waals surface area contributed by atoms with Gasteiger partial charge in [-0.25, -0.2) is 0 Å². The van der Waals surface area contributed by atoms with Crippen molar-refractivity contribution in [1.29, 1.82) is 0 Å². The fourth-order valence-electron chi connectivity index (χ4n) is 2.58. The van der Waals surface area contributed by atoms with Gasteiger partial charge in [0.2, 0.25) is 5.91 Å².